The lowest BCUT2D eigenvalue weighted by Crippen LogP contribution is -2.61. The number of rotatable bonds is 15. The third-order valence-corrected chi connectivity index (χ3v) is 15.4. The number of carbonyl (C=O) groups excluding carboxylic acids is 2. The molecule has 26 N–H and O–H groups in total. The van der Waals surface area contributed by atoms with Gasteiger partial charge in [-0.25, -0.2) is 4.79 Å². The molecule has 27 atom stereocenters. The number of carbonyl (C=O) groups is 3. The normalized spacial score (nSPS) is 42.0. The summed E-state index contributed by atoms with van der Waals surface area (Å²) in [6.45, 7) is 14.6. The number of hydrogen-bond acceptors (Lipinski definition) is 25. The maximum Gasteiger partial charge on any atom is 0.335 e. The Morgan fingerprint density at radius 1 is 0.753 bits per heavy atom. The fourth-order valence-electron chi connectivity index (χ4n) is 10.6. The van der Waals surface area contributed by atoms with Crippen molar-refractivity contribution < 1.29 is 157 Å². The highest BCUT2D eigenvalue weighted by Crippen LogP contribution is 2.41. The highest BCUT2D eigenvalue weighted by Gasteiger charge is 2.54. The van der Waals surface area contributed by atoms with E-state index in [1.165, 1.54) is 27.9 Å². The molecule has 0 saturated carbocycles. The lowest BCUT2D eigenvalue weighted by molar-refractivity contribution is -0.326. The number of methoxy groups -OCH3 is 1. The second kappa shape index (κ2) is 35.2. The van der Waals surface area contributed by atoms with E-state index in [1.807, 2.05) is 25.9 Å². The van der Waals surface area contributed by atoms with Crippen LogP contribution in [-0.4, -0.2) is 301 Å². The molecule has 5 unspecified atom stereocenters. The SMILES string of the molecule is CC[C@H]1OC(=O)[C@@H](C)[C@H](O[C@@H]2C[C@@](C)(OC)[C@@H](O)[C@H](C)O2)[C@H](C)[C@@H](O[C@@H]2O[C@H](C)C[C@H](N(C)C)[C@H]2O)[C@@](C)(O)C[C@@H](C)C(=O)[C@H](C)[C@@H](O)[C@]1(C)O.O.O.O.O.O.O.O=C(O)C(O)C(O)C(O[C@@H]1O[C@H](CO)[C@H](O)[C@H](O)C1O)C(O)CO. The highest BCUT2D eigenvalue weighted by atomic mass is 16.7. The van der Waals surface area contributed by atoms with Gasteiger partial charge in [0, 0.05) is 37.3 Å². The van der Waals surface area contributed by atoms with Crippen molar-refractivity contribution in [2.75, 3.05) is 34.4 Å². The maximum atomic E-state index is 14.1. The molecule has 0 radical (unpaired) electrons. The third kappa shape index (κ3) is 20.0. The summed E-state index contributed by atoms with van der Waals surface area (Å²) < 4.78 is 47.0. The lowest BCUT2D eigenvalue weighted by Gasteiger charge is -2.49. The quantitative estimate of drug-likeness (QED) is 0.0677. The number of carboxylic acids is 1. The van der Waals surface area contributed by atoms with Crippen LogP contribution in [0.5, 0.6) is 0 Å². The summed E-state index contributed by atoms with van der Waals surface area (Å²) in [5.41, 5.74) is -4.84. The first kappa shape index (κ1) is 85.0. The number of Topliss-reactive ketones (excluding diaryl/α,β-unsaturated/α-hetero) is 1. The van der Waals surface area contributed by atoms with Gasteiger partial charge in [-0.05, 0) is 74.9 Å². The minimum absolute atomic E-state index is 0. The fourth-order valence-corrected chi connectivity index (χ4v) is 10.6. The molecule has 4 aliphatic rings. The van der Waals surface area contributed by atoms with Crippen LogP contribution in [0.3, 0.4) is 0 Å². The van der Waals surface area contributed by atoms with Crippen LogP contribution in [0.1, 0.15) is 94.9 Å². The van der Waals surface area contributed by atoms with Crippen LogP contribution >= 0.6 is 0 Å². The van der Waals surface area contributed by atoms with Crippen molar-refractivity contribution in [2.24, 2.45) is 23.7 Å². The van der Waals surface area contributed by atoms with Crippen molar-refractivity contribution in [3.8, 4) is 0 Å². The fraction of sp³-hybridized carbons (Fsp3) is 0.939. The van der Waals surface area contributed by atoms with Crippen molar-refractivity contribution in [2.45, 2.75) is 234 Å². The number of nitrogens with zero attached hydrogens (tertiary/aromatic N) is 1. The van der Waals surface area contributed by atoms with Crippen molar-refractivity contribution >= 4 is 17.7 Å². The standard InChI is InChI=1S/C37H67NO13.C12H22O12.6H2O/c1-14-25-37(10,45)30(41)20(4)27(39)18(2)16-35(8,44)32(51-34-28(40)24(38(11)12)15-19(3)47-34)21(5)29(22(6)33(43)49-25)50-26-17-36(9,46-13)31(42)23(7)48-26;13-1-3(15)10(7(18)8(19)11(21)22)24-12-9(20)6(17)5(16)4(2-14)23-12;;;;;;/h18-26,28-32,34,40-42,44-45H,14-17H2,1-13H3;3-10,12-20H,1-2H2,(H,21,22);6*1H2/t18-,19-,20+,21+,22+,23+,24+,25-,26-,28-,29-,30-,31+,32-,34+,35+,36-,37-;3?,4-,5+,6+,7?,8?,9?,10?,12+;;;;;;/m11....../s1. The van der Waals surface area contributed by atoms with E-state index in [-0.39, 0.29) is 64.3 Å². The summed E-state index contributed by atoms with van der Waals surface area (Å²) in [6, 6.07) is -0.324. The number of ketones is 1. The first-order valence-corrected chi connectivity index (χ1v) is 25.5. The van der Waals surface area contributed by atoms with E-state index >= 15 is 0 Å². The van der Waals surface area contributed by atoms with Gasteiger partial charge in [0.2, 0.25) is 0 Å². The molecule has 0 spiro atoms. The molecule has 0 amide bonds. The Balaban J connectivity index is -0.000000842. The Hall–Kier alpha value is -2.47. The van der Waals surface area contributed by atoms with E-state index < -0.39 is 182 Å². The average molecular weight is 1200 g/mol. The molecule has 4 saturated heterocycles. The van der Waals surface area contributed by atoms with Crippen molar-refractivity contribution in [1.29, 1.82) is 0 Å². The first-order valence-electron chi connectivity index (χ1n) is 25.5. The summed E-state index contributed by atoms with van der Waals surface area (Å²) in [5.74, 6) is -6.81. The largest absolute Gasteiger partial charge is 0.479 e. The molecule has 488 valence electrons. The number of carboxylic acid groups (broad SMARTS) is 1. The summed E-state index contributed by atoms with van der Waals surface area (Å²) in [6.07, 6.45) is -26.6. The number of likely N-dealkylation sites (N-methyl/N-ethyl adjacent to an activating group) is 1. The number of aliphatic carboxylic acids is 1. The van der Waals surface area contributed by atoms with Gasteiger partial charge >= 0.3 is 11.9 Å². The van der Waals surface area contributed by atoms with Gasteiger partial charge in [0.25, 0.3) is 0 Å². The molecule has 32 nitrogen and oxygen atoms in total. The summed E-state index contributed by atoms with van der Waals surface area (Å²) in [7, 11) is 5.18. The number of ether oxygens (including phenoxy) is 8. The summed E-state index contributed by atoms with van der Waals surface area (Å²) in [4.78, 5) is 40.5. The minimum Gasteiger partial charge on any atom is -0.479 e. The second-order valence-corrected chi connectivity index (χ2v) is 21.8. The van der Waals surface area contributed by atoms with Gasteiger partial charge in [0.15, 0.2) is 25.0 Å². The van der Waals surface area contributed by atoms with Crippen molar-refractivity contribution in [1.82, 2.24) is 4.90 Å². The summed E-state index contributed by atoms with van der Waals surface area (Å²) in [5, 5.41) is 142. The van der Waals surface area contributed by atoms with Crippen LogP contribution in [0.2, 0.25) is 0 Å². The zero-order chi connectivity index (χ0) is 57.6. The Morgan fingerprint density at radius 3 is 1.79 bits per heavy atom. The Labute approximate surface area is 470 Å². The van der Waals surface area contributed by atoms with Crippen LogP contribution in [-0.2, 0) is 52.3 Å². The minimum atomic E-state index is -2.39. The molecular weight excluding hydrogens is 1100 g/mol. The van der Waals surface area contributed by atoms with E-state index in [0.717, 1.165) is 0 Å². The van der Waals surface area contributed by atoms with E-state index in [4.69, 9.17) is 53.2 Å². The van der Waals surface area contributed by atoms with Gasteiger partial charge < -0.3 is 147 Å². The van der Waals surface area contributed by atoms with E-state index in [9.17, 15) is 70.6 Å². The molecule has 32 heteroatoms. The lowest BCUT2D eigenvalue weighted by atomic mass is 9.74. The van der Waals surface area contributed by atoms with Gasteiger partial charge in [-0.1, -0.05) is 27.7 Å². The molecule has 4 aliphatic heterocycles. The molecule has 4 heterocycles. The highest BCUT2D eigenvalue weighted by molar-refractivity contribution is 5.83. The van der Waals surface area contributed by atoms with Crippen LogP contribution in [0.4, 0.5) is 0 Å². The zero-order valence-electron chi connectivity index (χ0n) is 48.3. The van der Waals surface area contributed by atoms with Crippen molar-refractivity contribution in [3.63, 3.8) is 0 Å². The third-order valence-electron chi connectivity index (χ3n) is 15.4. The molecule has 4 fully saturated rings. The molecule has 81 heavy (non-hydrogen) atoms. The number of cyclic esters (lactones) is 1. The summed E-state index contributed by atoms with van der Waals surface area (Å²) >= 11 is 0. The Morgan fingerprint density at radius 2 is 1.31 bits per heavy atom. The first-order chi connectivity index (χ1) is 34.6. The number of esters is 1. The number of aliphatic hydroxyl groups is 13. The zero-order valence-corrected chi connectivity index (χ0v) is 48.3. The van der Waals surface area contributed by atoms with Gasteiger partial charge in [-0.3, -0.25) is 9.59 Å². The molecule has 0 aromatic rings. The molecule has 0 aromatic carbocycles. The maximum absolute atomic E-state index is 14.1. The number of aliphatic hydroxyl groups excluding tert-OH is 11. The van der Waals surface area contributed by atoms with Crippen LogP contribution in [0.15, 0.2) is 0 Å². The molecule has 0 bridgehead atoms. The Bertz CT molecular complexity index is 1800. The number of hydrogen-bond donors (Lipinski definition) is 14. The van der Waals surface area contributed by atoms with Gasteiger partial charge in [-0.15, -0.1) is 0 Å². The topological polar surface area (TPSA) is 601 Å². The van der Waals surface area contributed by atoms with Crippen molar-refractivity contribution in [3.05, 3.63) is 0 Å². The second-order valence-electron chi connectivity index (χ2n) is 21.8. The Kier molecular flexibility index (Phi) is 37.0. The monoisotopic (exact) mass is 1200 g/mol. The van der Waals surface area contributed by atoms with Crippen LogP contribution in [0.25, 0.3) is 0 Å². The molecule has 4 rings (SSSR count). The van der Waals surface area contributed by atoms with E-state index in [1.54, 1.807) is 41.5 Å². The van der Waals surface area contributed by atoms with E-state index in [2.05, 4.69) is 0 Å². The van der Waals surface area contributed by atoms with Crippen LogP contribution < -0.4 is 0 Å². The van der Waals surface area contributed by atoms with Gasteiger partial charge in [0.1, 0.15) is 72.4 Å². The molecule has 0 aromatic heterocycles. The van der Waals surface area contributed by atoms with E-state index in [0.29, 0.717) is 6.42 Å². The average Bonchev–Trinajstić information content (AvgIpc) is 3.35. The van der Waals surface area contributed by atoms with Gasteiger partial charge in [0.05, 0.1) is 60.9 Å². The predicted octanol–water partition coefficient (Wildman–Crippen LogP) is -8.83. The molecular formula is C49H101NO31. The van der Waals surface area contributed by atoms with Crippen LogP contribution in [0, 0.1) is 23.7 Å². The smallest absolute Gasteiger partial charge is 0.335 e. The van der Waals surface area contributed by atoms with Gasteiger partial charge in [-0.2, -0.15) is 0 Å². The molecule has 0 aliphatic carbocycles. The predicted molar refractivity (Wildman–Crippen MR) is 279 cm³/mol.